The first kappa shape index (κ1) is 21.7. The number of nitrogens with zero attached hydrogens (tertiary/aromatic N) is 2. The van der Waals surface area contributed by atoms with Crippen LogP contribution in [0, 0.1) is 6.92 Å². The summed E-state index contributed by atoms with van der Waals surface area (Å²) in [6.07, 6.45) is 0.240. The lowest BCUT2D eigenvalue weighted by molar-refractivity contribution is -0.0896. The molecule has 0 aliphatic rings. The van der Waals surface area contributed by atoms with Crippen LogP contribution in [0.1, 0.15) is 31.4 Å². The molecule has 1 aromatic heterocycles. The van der Waals surface area contributed by atoms with E-state index in [2.05, 4.69) is 15.3 Å². The second kappa shape index (κ2) is 9.55. The molecule has 1 heterocycles. The normalized spacial score (nSPS) is 14.0. The minimum Gasteiger partial charge on any atom is -0.355 e. The maximum atomic E-state index is 13.9. The molecule has 148 valence electrons. The second-order valence-electron chi connectivity index (χ2n) is 6.12. The van der Waals surface area contributed by atoms with Crippen molar-refractivity contribution in [3.8, 4) is 0 Å². The number of hydrogen-bond donors (Lipinski definition) is 1. The fourth-order valence-corrected chi connectivity index (χ4v) is 2.77. The second-order valence-corrected chi connectivity index (χ2v) is 6.48. The first-order valence-corrected chi connectivity index (χ1v) is 9.07. The average molecular weight is 408 g/mol. The van der Waals surface area contributed by atoms with Crippen LogP contribution in [0.2, 0.25) is 0 Å². The highest BCUT2D eigenvalue weighted by Gasteiger charge is 2.39. The van der Waals surface area contributed by atoms with Crippen molar-refractivity contribution < 1.29 is 13.2 Å². The van der Waals surface area contributed by atoms with Crippen molar-refractivity contribution in [3.05, 3.63) is 82.4 Å². The highest BCUT2D eigenvalue weighted by Crippen LogP contribution is 2.36. The summed E-state index contributed by atoms with van der Waals surface area (Å²) in [5.41, 5.74) is 1.32. The number of benzene rings is 1. The lowest BCUT2D eigenvalue weighted by atomic mass is 10.1. The summed E-state index contributed by atoms with van der Waals surface area (Å²) in [5, 5.41) is 2.19. The molecule has 28 heavy (non-hydrogen) atoms. The monoisotopic (exact) mass is 407 g/mol. The molecule has 0 aliphatic heterocycles. The van der Waals surface area contributed by atoms with Gasteiger partial charge in [-0.2, -0.15) is 13.2 Å². The van der Waals surface area contributed by atoms with E-state index in [0.717, 1.165) is 5.56 Å². The summed E-state index contributed by atoms with van der Waals surface area (Å²) in [6.45, 7) is 5.24. The number of hydrogen-bond acceptors (Lipinski definition) is 3. The number of halogens is 4. The van der Waals surface area contributed by atoms with Gasteiger partial charge in [0.25, 0.3) is 0 Å². The van der Waals surface area contributed by atoms with Gasteiger partial charge in [0.2, 0.25) is 0 Å². The Kier molecular flexibility index (Phi) is 7.40. The molecule has 3 nitrogen and oxygen atoms in total. The van der Waals surface area contributed by atoms with Gasteiger partial charge < -0.3 is 5.32 Å². The van der Waals surface area contributed by atoms with Crippen LogP contribution in [0.25, 0.3) is 0 Å². The zero-order valence-corrected chi connectivity index (χ0v) is 16.6. The fourth-order valence-electron chi connectivity index (χ4n) is 2.44. The molecular weight excluding hydrogens is 387 g/mol. The lowest BCUT2D eigenvalue weighted by Crippen LogP contribution is -2.19. The van der Waals surface area contributed by atoms with Gasteiger partial charge in [0.15, 0.2) is 0 Å². The van der Waals surface area contributed by atoms with Gasteiger partial charge in [0, 0.05) is 35.1 Å². The summed E-state index contributed by atoms with van der Waals surface area (Å²) >= 11 is 6.07. The number of aryl methyl sites for hydroxylation is 1. The topological polar surface area (TPSA) is 37.3 Å². The first-order valence-electron chi connectivity index (χ1n) is 8.69. The van der Waals surface area contributed by atoms with E-state index in [1.54, 1.807) is 44.3 Å². The van der Waals surface area contributed by atoms with Gasteiger partial charge in [0.05, 0.1) is 0 Å². The van der Waals surface area contributed by atoms with Crippen molar-refractivity contribution in [2.75, 3.05) is 5.32 Å². The van der Waals surface area contributed by atoms with Crippen LogP contribution in [0.4, 0.5) is 18.9 Å². The van der Waals surface area contributed by atoms with Crippen molar-refractivity contribution in [2.45, 2.75) is 33.4 Å². The predicted molar refractivity (Wildman–Crippen MR) is 109 cm³/mol. The van der Waals surface area contributed by atoms with Crippen molar-refractivity contribution >= 4 is 23.0 Å². The van der Waals surface area contributed by atoms with Crippen molar-refractivity contribution in [2.24, 2.45) is 4.99 Å². The highest BCUT2D eigenvalue weighted by atomic mass is 35.5. The molecule has 0 saturated heterocycles. The number of rotatable bonds is 6. The number of alkyl halides is 3. The molecule has 1 aromatic carbocycles. The third-order valence-electron chi connectivity index (χ3n) is 3.84. The number of pyridine rings is 1. The Bertz CT molecular complexity index is 883. The van der Waals surface area contributed by atoms with E-state index in [4.69, 9.17) is 11.6 Å². The molecule has 0 spiro atoms. The molecule has 0 amide bonds. The fraction of sp³-hybridized carbons (Fsp3) is 0.238. The van der Waals surface area contributed by atoms with Crippen LogP contribution in [-0.4, -0.2) is 16.9 Å². The Balaban J connectivity index is 2.50. The van der Waals surface area contributed by atoms with Crippen LogP contribution in [0.15, 0.2) is 76.3 Å². The molecule has 2 aromatic rings. The number of aliphatic imine (C=N–C) groups is 1. The Morgan fingerprint density at radius 1 is 1.21 bits per heavy atom. The Hall–Kier alpha value is -2.60. The zero-order valence-electron chi connectivity index (χ0n) is 15.8. The molecule has 0 atom stereocenters. The summed E-state index contributed by atoms with van der Waals surface area (Å²) in [6, 6.07) is 10.4. The average Bonchev–Trinajstić information content (AvgIpc) is 2.63. The minimum absolute atomic E-state index is 0.133. The SMILES string of the molecule is CC/C=C(Nc1ccc(C)cc1)/C(=C(Cl)\N=C(/C)c1cccnc1)C(F)(F)F. The van der Waals surface area contributed by atoms with E-state index in [9.17, 15) is 13.2 Å². The number of aromatic nitrogens is 1. The predicted octanol–water partition coefficient (Wildman–Crippen LogP) is 6.62. The standard InChI is InChI=1S/C21H21ClF3N3/c1-4-6-18(28-17-10-8-14(2)9-11-17)19(21(23,24)25)20(22)27-15(3)16-7-5-12-26-13-16/h5-13,28H,4H2,1-3H3/b18-6-,20-19+,27-15+. The molecule has 0 aliphatic carbocycles. The van der Waals surface area contributed by atoms with Crippen molar-refractivity contribution in [1.82, 2.24) is 4.98 Å². The molecule has 1 N–H and O–H groups in total. The van der Waals surface area contributed by atoms with Crippen LogP contribution in [0.3, 0.4) is 0 Å². The van der Waals surface area contributed by atoms with Crippen molar-refractivity contribution in [3.63, 3.8) is 0 Å². The van der Waals surface area contributed by atoms with Gasteiger partial charge in [-0.25, -0.2) is 4.99 Å². The molecule has 0 saturated carbocycles. The van der Waals surface area contributed by atoms with Gasteiger partial charge in [-0.15, -0.1) is 0 Å². The molecule has 0 radical (unpaired) electrons. The van der Waals surface area contributed by atoms with Crippen LogP contribution in [-0.2, 0) is 0 Å². The van der Waals surface area contributed by atoms with Gasteiger partial charge in [-0.3, -0.25) is 4.98 Å². The zero-order chi connectivity index (χ0) is 20.7. The van der Waals surface area contributed by atoms with E-state index in [-0.39, 0.29) is 5.70 Å². The third-order valence-corrected chi connectivity index (χ3v) is 4.12. The van der Waals surface area contributed by atoms with E-state index in [0.29, 0.717) is 23.4 Å². The highest BCUT2D eigenvalue weighted by molar-refractivity contribution is 6.31. The molecular formula is C21H21ClF3N3. The van der Waals surface area contributed by atoms with Crippen molar-refractivity contribution in [1.29, 1.82) is 0 Å². The van der Waals surface area contributed by atoms with Crippen LogP contribution >= 0.6 is 11.6 Å². The van der Waals surface area contributed by atoms with Gasteiger partial charge in [0.1, 0.15) is 10.7 Å². The number of anilines is 1. The first-order chi connectivity index (χ1) is 13.2. The molecule has 0 bridgehead atoms. The van der Waals surface area contributed by atoms with E-state index < -0.39 is 16.9 Å². The Morgan fingerprint density at radius 3 is 2.43 bits per heavy atom. The smallest absolute Gasteiger partial charge is 0.355 e. The maximum absolute atomic E-state index is 13.9. The Morgan fingerprint density at radius 2 is 1.89 bits per heavy atom. The molecule has 2 rings (SSSR count). The van der Waals surface area contributed by atoms with Gasteiger partial charge in [-0.1, -0.05) is 48.4 Å². The van der Waals surface area contributed by atoms with E-state index in [1.807, 2.05) is 19.1 Å². The van der Waals surface area contributed by atoms with Gasteiger partial charge >= 0.3 is 6.18 Å². The molecule has 0 unspecified atom stereocenters. The van der Waals surface area contributed by atoms with Crippen LogP contribution < -0.4 is 5.32 Å². The third kappa shape index (κ3) is 5.96. The number of allylic oxidation sites excluding steroid dienone is 2. The molecule has 0 fully saturated rings. The van der Waals surface area contributed by atoms with Gasteiger partial charge in [-0.05, 0) is 38.5 Å². The summed E-state index contributed by atoms with van der Waals surface area (Å²) in [7, 11) is 0. The molecule has 7 heteroatoms. The summed E-state index contributed by atoms with van der Waals surface area (Å²) in [5.74, 6) is 0. The lowest BCUT2D eigenvalue weighted by Gasteiger charge is -2.18. The summed E-state index contributed by atoms with van der Waals surface area (Å²) in [4.78, 5) is 7.94. The maximum Gasteiger partial charge on any atom is 0.421 e. The minimum atomic E-state index is -4.69. The van der Waals surface area contributed by atoms with E-state index >= 15 is 0 Å². The quantitative estimate of drug-likeness (QED) is 0.332. The summed E-state index contributed by atoms with van der Waals surface area (Å²) < 4.78 is 41.6. The number of nitrogens with one attached hydrogen (secondary N) is 1. The van der Waals surface area contributed by atoms with Crippen LogP contribution in [0.5, 0.6) is 0 Å². The van der Waals surface area contributed by atoms with E-state index in [1.165, 1.54) is 12.3 Å². The Labute approximate surface area is 167 Å². The largest absolute Gasteiger partial charge is 0.421 e.